The molecule has 0 radical (unpaired) electrons. The number of furan rings is 1. The lowest BCUT2D eigenvalue weighted by atomic mass is 10.1. The SMILES string of the molecule is CC(=O)c1ccc2c(c1)CCO2.O=C(O)c1ccc2occc2c1. The van der Waals surface area contributed by atoms with Gasteiger partial charge in [0.1, 0.15) is 11.3 Å². The van der Waals surface area contributed by atoms with E-state index in [4.69, 9.17) is 14.3 Å². The molecule has 5 heteroatoms. The number of ketones is 1. The summed E-state index contributed by atoms with van der Waals surface area (Å²) in [6.45, 7) is 2.33. The summed E-state index contributed by atoms with van der Waals surface area (Å²) in [6.07, 6.45) is 2.47. The highest BCUT2D eigenvalue weighted by atomic mass is 16.5. The number of benzene rings is 2. The number of carboxylic acid groups (broad SMARTS) is 1. The van der Waals surface area contributed by atoms with Crippen molar-refractivity contribution in [2.45, 2.75) is 13.3 Å². The lowest BCUT2D eigenvalue weighted by molar-refractivity contribution is 0.0697. The summed E-state index contributed by atoms with van der Waals surface area (Å²) in [5.41, 5.74) is 2.92. The average molecular weight is 324 g/mol. The van der Waals surface area contributed by atoms with E-state index in [9.17, 15) is 9.59 Å². The number of carboxylic acids is 1. The van der Waals surface area contributed by atoms with Gasteiger partial charge in [0.05, 0.1) is 18.4 Å². The molecule has 0 saturated carbocycles. The van der Waals surface area contributed by atoms with Crippen LogP contribution in [0.15, 0.2) is 53.1 Å². The predicted octanol–water partition coefficient (Wildman–Crippen LogP) is 3.96. The minimum atomic E-state index is -0.918. The van der Waals surface area contributed by atoms with Gasteiger partial charge in [0.2, 0.25) is 0 Å². The third-order valence-corrected chi connectivity index (χ3v) is 3.80. The Balaban J connectivity index is 0.000000141. The molecule has 3 aromatic rings. The van der Waals surface area contributed by atoms with Gasteiger partial charge in [-0.3, -0.25) is 4.79 Å². The van der Waals surface area contributed by atoms with Gasteiger partial charge in [-0.1, -0.05) is 0 Å². The molecule has 0 unspecified atom stereocenters. The van der Waals surface area contributed by atoms with E-state index in [0.29, 0.717) is 5.58 Å². The van der Waals surface area contributed by atoms with Crippen molar-refractivity contribution in [3.63, 3.8) is 0 Å². The van der Waals surface area contributed by atoms with Crippen molar-refractivity contribution in [2.24, 2.45) is 0 Å². The Morgan fingerprint density at radius 3 is 2.58 bits per heavy atom. The van der Waals surface area contributed by atoms with Crippen LogP contribution in [0.1, 0.15) is 33.2 Å². The van der Waals surface area contributed by atoms with Gasteiger partial charge < -0.3 is 14.3 Å². The monoisotopic (exact) mass is 324 g/mol. The molecule has 1 aromatic heterocycles. The first-order chi connectivity index (χ1) is 11.5. The van der Waals surface area contributed by atoms with Crippen molar-refractivity contribution in [1.29, 1.82) is 0 Å². The van der Waals surface area contributed by atoms with Gasteiger partial charge >= 0.3 is 5.97 Å². The summed E-state index contributed by atoms with van der Waals surface area (Å²) < 4.78 is 10.4. The molecule has 0 atom stereocenters. The van der Waals surface area contributed by atoms with Gasteiger partial charge in [0, 0.05) is 17.4 Å². The summed E-state index contributed by atoms with van der Waals surface area (Å²) in [4.78, 5) is 21.5. The number of carbonyl (C=O) groups is 2. The second-order valence-corrected chi connectivity index (χ2v) is 5.46. The Labute approximate surface area is 138 Å². The largest absolute Gasteiger partial charge is 0.493 e. The maximum absolute atomic E-state index is 11.0. The normalized spacial score (nSPS) is 12.0. The van der Waals surface area contributed by atoms with Crippen LogP contribution in [0.5, 0.6) is 5.75 Å². The topological polar surface area (TPSA) is 76.7 Å². The van der Waals surface area contributed by atoms with E-state index in [-0.39, 0.29) is 11.3 Å². The first kappa shape index (κ1) is 15.8. The number of aromatic carboxylic acids is 1. The van der Waals surface area contributed by atoms with Crippen molar-refractivity contribution in [3.05, 3.63) is 65.4 Å². The summed E-state index contributed by atoms with van der Waals surface area (Å²) >= 11 is 0. The highest BCUT2D eigenvalue weighted by molar-refractivity contribution is 5.94. The number of ether oxygens (including phenoxy) is 1. The summed E-state index contributed by atoms with van der Waals surface area (Å²) in [5.74, 6) is 0.128. The molecule has 2 aromatic carbocycles. The van der Waals surface area contributed by atoms with Gasteiger partial charge in [-0.2, -0.15) is 0 Å². The molecule has 122 valence electrons. The molecule has 0 bridgehead atoms. The Kier molecular flexibility index (Phi) is 4.33. The van der Waals surface area contributed by atoms with Crippen LogP contribution in [0.4, 0.5) is 0 Å². The molecular weight excluding hydrogens is 308 g/mol. The Morgan fingerprint density at radius 1 is 1.04 bits per heavy atom. The molecule has 0 fully saturated rings. The molecule has 4 rings (SSSR count). The second-order valence-electron chi connectivity index (χ2n) is 5.46. The maximum atomic E-state index is 11.0. The van der Waals surface area contributed by atoms with Gasteiger partial charge in [0.25, 0.3) is 0 Å². The molecule has 1 aliphatic rings. The number of hydrogen-bond acceptors (Lipinski definition) is 4. The van der Waals surface area contributed by atoms with E-state index in [2.05, 4.69) is 0 Å². The lowest BCUT2D eigenvalue weighted by Gasteiger charge is -1.99. The minimum Gasteiger partial charge on any atom is -0.493 e. The van der Waals surface area contributed by atoms with Crippen LogP contribution >= 0.6 is 0 Å². The average Bonchev–Trinajstić information content (AvgIpc) is 3.22. The van der Waals surface area contributed by atoms with Crippen LogP contribution in [-0.2, 0) is 6.42 Å². The smallest absolute Gasteiger partial charge is 0.335 e. The molecule has 0 saturated heterocycles. The Hall–Kier alpha value is -3.08. The molecule has 0 amide bonds. The summed E-state index contributed by atoms with van der Waals surface area (Å²) in [6, 6.07) is 12.1. The van der Waals surface area contributed by atoms with Crippen LogP contribution in [-0.4, -0.2) is 23.5 Å². The third kappa shape index (κ3) is 3.30. The fourth-order valence-corrected chi connectivity index (χ4v) is 2.51. The van der Waals surface area contributed by atoms with Crippen molar-refractivity contribution < 1.29 is 23.8 Å². The lowest BCUT2D eigenvalue weighted by Crippen LogP contribution is -1.94. The standard InChI is InChI=1S/C10H10O2.C9H6O3/c1-7(11)8-2-3-10-9(6-8)4-5-12-10;10-9(11)7-1-2-8-6(5-7)3-4-12-8/h2-3,6H,4-5H2,1H3;1-5H,(H,10,11). The van der Waals surface area contributed by atoms with Crippen LogP contribution in [0.25, 0.3) is 11.0 Å². The fourth-order valence-electron chi connectivity index (χ4n) is 2.51. The highest BCUT2D eigenvalue weighted by Gasteiger charge is 2.12. The van der Waals surface area contributed by atoms with Crippen molar-refractivity contribution in [2.75, 3.05) is 6.61 Å². The van der Waals surface area contributed by atoms with Crippen molar-refractivity contribution in [1.82, 2.24) is 0 Å². The van der Waals surface area contributed by atoms with Gasteiger partial charge in [-0.15, -0.1) is 0 Å². The van der Waals surface area contributed by atoms with E-state index >= 15 is 0 Å². The number of carbonyl (C=O) groups excluding carboxylic acids is 1. The Bertz CT molecular complexity index is 907. The van der Waals surface area contributed by atoms with Crippen LogP contribution in [0.2, 0.25) is 0 Å². The van der Waals surface area contributed by atoms with Crippen molar-refractivity contribution in [3.8, 4) is 5.75 Å². The molecule has 1 N–H and O–H groups in total. The van der Waals surface area contributed by atoms with E-state index in [0.717, 1.165) is 35.3 Å². The van der Waals surface area contributed by atoms with E-state index in [1.807, 2.05) is 18.2 Å². The Morgan fingerprint density at radius 2 is 1.83 bits per heavy atom. The zero-order valence-corrected chi connectivity index (χ0v) is 13.1. The first-order valence-corrected chi connectivity index (χ1v) is 7.52. The number of hydrogen-bond donors (Lipinski definition) is 1. The number of Topliss-reactive ketones (excluding diaryl/α,β-unsaturated/α-hetero) is 1. The number of rotatable bonds is 2. The van der Waals surface area contributed by atoms with E-state index in [1.54, 1.807) is 25.1 Å². The molecule has 1 aliphatic heterocycles. The zero-order valence-electron chi connectivity index (χ0n) is 13.1. The molecule has 5 nitrogen and oxygen atoms in total. The summed E-state index contributed by atoms with van der Waals surface area (Å²) in [5, 5.41) is 9.47. The van der Waals surface area contributed by atoms with Gasteiger partial charge in [0.15, 0.2) is 5.78 Å². The molecular formula is C19H16O5. The summed E-state index contributed by atoms with van der Waals surface area (Å²) in [7, 11) is 0. The van der Waals surface area contributed by atoms with Crippen LogP contribution in [0, 0.1) is 0 Å². The van der Waals surface area contributed by atoms with Crippen molar-refractivity contribution >= 4 is 22.7 Å². The fraction of sp³-hybridized carbons (Fsp3) is 0.158. The van der Waals surface area contributed by atoms with E-state index in [1.165, 1.54) is 12.3 Å². The van der Waals surface area contributed by atoms with Gasteiger partial charge in [-0.25, -0.2) is 4.79 Å². The highest BCUT2D eigenvalue weighted by Crippen LogP contribution is 2.25. The zero-order chi connectivity index (χ0) is 17.1. The molecule has 24 heavy (non-hydrogen) atoms. The second kappa shape index (κ2) is 6.58. The predicted molar refractivity (Wildman–Crippen MR) is 88.8 cm³/mol. The van der Waals surface area contributed by atoms with Crippen LogP contribution < -0.4 is 4.74 Å². The third-order valence-electron chi connectivity index (χ3n) is 3.80. The van der Waals surface area contributed by atoms with Crippen LogP contribution in [0.3, 0.4) is 0 Å². The maximum Gasteiger partial charge on any atom is 0.335 e. The minimum absolute atomic E-state index is 0.115. The molecule has 0 aliphatic carbocycles. The first-order valence-electron chi connectivity index (χ1n) is 7.52. The van der Waals surface area contributed by atoms with Gasteiger partial charge in [-0.05, 0) is 55.0 Å². The molecule has 0 spiro atoms. The quantitative estimate of drug-likeness (QED) is 0.722. The molecule has 2 heterocycles. The number of fused-ring (bicyclic) bond motifs is 2. The van der Waals surface area contributed by atoms with E-state index < -0.39 is 5.97 Å².